The zero-order valence-electron chi connectivity index (χ0n) is 12.8. The molecule has 0 fully saturated rings. The van der Waals surface area contributed by atoms with Crippen LogP contribution in [-0.4, -0.2) is 11.6 Å². The van der Waals surface area contributed by atoms with E-state index >= 15 is 0 Å². The number of hydrogen-bond donors (Lipinski definition) is 1. The first-order valence-corrected chi connectivity index (χ1v) is 7.51. The van der Waals surface area contributed by atoms with E-state index in [9.17, 15) is 9.65 Å². The Balaban J connectivity index is 2.15. The van der Waals surface area contributed by atoms with Crippen molar-refractivity contribution >= 4 is 10.9 Å². The van der Waals surface area contributed by atoms with Crippen molar-refractivity contribution in [2.24, 2.45) is 0 Å². The van der Waals surface area contributed by atoms with E-state index in [2.05, 4.69) is 17.1 Å². The maximum Gasteiger partial charge on any atom is 0.147 e. The second kappa shape index (κ2) is 5.94. The first-order valence-electron chi connectivity index (χ1n) is 7.51. The fourth-order valence-electron chi connectivity index (χ4n) is 3.08. The molecule has 0 amide bonds. The van der Waals surface area contributed by atoms with Gasteiger partial charge in [-0.05, 0) is 50.3 Å². The molecule has 3 nitrogen and oxygen atoms in total. The third-order valence-electron chi connectivity index (χ3n) is 4.12. The molecule has 1 aliphatic rings. The second-order valence-electron chi connectivity index (χ2n) is 5.52. The van der Waals surface area contributed by atoms with E-state index in [4.69, 9.17) is 4.74 Å². The zero-order chi connectivity index (χ0) is 15.7. The van der Waals surface area contributed by atoms with Crippen LogP contribution in [0.25, 0.3) is 10.9 Å². The molecule has 1 aliphatic heterocycles. The predicted molar refractivity (Wildman–Crippen MR) is 83.8 cm³/mol. The molecule has 1 radical (unpaired) electrons. The normalized spacial score (nSPS) is 15.4. The van der Waals surface area contributed by atoms with Crippen LogP contribution in [-0.2, 0) is 11.2 Å². The van der Waals surface area contributed by atoms with E-state index in [1.807, 2.05) is 13.0 Å². The first-order chi connectivity index (χ1) is 10.7. The summed E-state index contributed by atoms with van der Waals surface area (Å²) >= 11 is 0. The minimum absolute atomic E-state index is 0.311. The summed E-state index contributed by atoms with van der Waals surface area (Å²) in [6, 6.07) is 3.64. The zero-order valence-corrected chi connectivity index (χ0v) is 12.8. The number of nitrogens with one attached hydrogen (secondary N) is 1. The van der Waals surface area contributed by atoms with Gasteiger partial charge in [-0.15, -0.1) is 0 Å². The Morgan fingerprint density at radius 2 is 2.32 bits per heavy atom. The highest BCUT2D eigenvalue weighted by Crippen LogP contribution is 2.37. The maximum absolute atomic E-state index is 14.3. The first kappa shape index (κ1) is 14.8. The predicted octanol–water partition coefficient (Wildman–Crippen LogP) is 4.30. The molecule has 2 aromatic rings. The number of H-pyrrole nitrogens is 1. The molecule has 1 aromatic carbocycles. The summed E-state index contributed by atoms with van der Waals surface area (Å²) in [6.07, 6.45) is 7.29. The number of aromatic amines is 1. The van der Waals surface area contributed by atoms with Gasteiger partial charge in [-0.3, -0.25) is 0 Å². The fraction of sp³-hybridized carbons (Fsp3) is 0.333. The standard InChI is InChI=1S/C18H18FN2O/c1-3-4-5-6-15-17-12(7-8-22-15)16-13(10-20)11(2)9-14(19)18(16)21-17/h3-4,9,21H,5-8H2,1-2H3/b4-3+. The second-order valence-corrected chi connectivity index (χ2v) is 5.52. The number of nitrogens with zero attached hydrogens (tertiary/aromatic N) is 1. The van der Waals surface area contributed by atoms with Gasteiger partial charge in [0.05, 0.1) is 23.4 Å². The van der Waals surface area contributed by atoms with Crippen molar-refractivity contribution in [1.29, 1.82) is 5.26 Å². The van der Waals surface area contributed by atoms with Crippen molar-refractivity contribution in [2.75, 3.05) is 6.61 Å². The van der Waals surface area contributed by atoms with Gasteiger partial charge >= 0.3 is 0 Å². The van der Waals surface area contributed by atoms with Crippen molar-refractivity contribution in [1.82, 2.24) is 4.98 Å². The van der Waals surface area contributed by atoms with Crippen LogP contribution in [0, 0.1) is 30.2 Å². The number of aromatic nitrogens is 1. The SMILES string of the molecule is C/C=C/CC[C]1OCCc2c1[nH]c1c(F)cc(C)c(C#N)c21. The highest BCUT2D eigenvalue weighted by atomic mass is 19.1. The molecule has 0 saturated carbocycles. The minimum Gasteiger partial charge on any atom is -0.365 e. The number of aryl methyl sites for hydroxylation is 1. The highest BCUT2D eigenvalue weighted by molar-refractivity contribution is 5.92. The van der Waals surface area contributed by atoms with Gasteiger partial charge in [0.2, 0.25) is 0 Å². The van der Waals surface area contributed by atoms with Crippen molar-refractivity contribution in [3.8, 4) is 6.07 Å². The molecule has 0 bridgehead atoms. The molecule has 0 atom stereocenters. The Kier molecular flexibility index (Phi) is 4.00. The number of ether oxygens (including phenoxy) is 1. The number of nitriles is 1. The van der Waals surface area contributed by atoms with Crippen LogP contribution in [0.1, 0.15) is 42.1 Å². The Labute approximate surface area is 129 Å². The quantitative estimate of drug-likeness (QED) is 0.859. The van der Waals surface area contributed by atoms with Gasteiger partial charge in [-0.25, -0.2) is 4.39 Å². The molecular formula is C18H18FN2O. The lowest BCUT2D eigenvalue weighted by Gasteiger charge is -2.22. The number of allylic oxidation sites excluding steroid dienone is 2. The van der Waals surface area contributed by atoms with Crippen LogP contribution in [0.5, 0.6) is 0 Å². The molecule has 3 rings (SSSR count). The third-order valence-corrected chi connectivity index (χ3v) is 4.12. The number of benzene rings is 1. The monoisotopic (exact) mass is 297 g/mol. The van der Waals surface area contributed by atoms with Crippen molar-refractivity contribution in [3.05, 3.63) is 52.5 Å². The summed E-state index contributed by atoms with van der Waals surface area (Å²) in [5, 5.41) is 10.2. The van der Waals surface area contributed by atoms with Crippen molar-refractivity contribution in [3.63, 3.8) is 0 Å². The van der Waals surface area contributed by atoms with Crippen LogP contribution in [0.2, 0.25) is 0 Å². The van der Waals surface area contributed by atoms with Crippen LogP contribution in [0.4, 0.5) is 4.39 Å². The average molecular weight is 297 g/mol. The lowest BCUT2D eigenvalue weighted by molar-refractivity contribution is 0.141. The van der Waals surface area contributed by atoms with Crippen LogP contribution in [0.3, 0.4) is 0 Å². The van der Waals surface area contributed by atoms with E-state index in [-0.39, 0.29) is 5.82 Å². The Hall–Kier alpha value is -2.12. The van der Waals surface area contributed by atoms with Gasteiger partial charge in [0.25, 0.3) is 0 Å². The van der Waals surface area contributed by atoms with Gasteiger partial charge in [-0.2, -0.15) is 5.26 Å². The van der Waals surface area contributed by atoms with Gasteiger partial charge in [0.1, 0.15) is 18.0 Å². The average Bonchev–Trinajstić information content (AvgIpc) is 2.89. The fourth-order valence-corrected chi connectivity index (χ4v) is 3.08. The number of rotatable bonds is 3. The van der Waals surface area contributed by atoms with E-state index in [1.165, 1.54) is 6.07 Å². The molecule has 4 heteroatoms. The largest absolute Gasteiger partial charge is 0.365 e. The summed E-state index contributed by atoms with van der Waals surface area (Å²) in [5.41, 5.74) is 3.52. The summed E-state index contributed by atoms with van der Waals surface area (Å²) in [6.45, 7) is 4.33. The van der Waals surface area contributed by atoms with Gasteiger partial charge in [0.15, 0.2) is 0 Å². The van der Waals surface area contributed by atoms with Gasteiger partial charge in [0, 0.05) is 5.39 Å². The molecule has 2 heterocycles. The molecule has 0 spiro atoms. The molecule has 22 heavy (non-hydrogen) atoms. The Morgan fingerprint density at radius 3 is 3.05 bits per heavy atom. The van der Waals surface area contributed by atoms with Crippen molar-refractivity contribution < 1.29 is 9.13 Å². The highest BCUT2D eigenvalue weighted by Gasteiger charge is 2.28. The van der Waals surface area contributed by atoms with Crippen molar-refractivity contribution in [2.45, 2.75) is 33.1 Å². The van der Waals surface area contributed by atoms with E-state index < -0.39 is 0 Å². The van der Waals surface area contributed by atoms with E-state index in [0.717, 1.165) is 35.6 Å². The molecule has 113 valence electrons. The summed E-state index contributed by atoms with van der Waals surface area (Å²) in [4.78, 5) is 3.15. The number of fused-ring (bicyclic) bond motifs is 3. The lowest BCUT2D eigenvalue weighted by atomic mass is 9.95. The molecule has 1 N–H and O–H groups in total. The third kappa shape index (κ3) is 2.32. The maximum atomic E-state index is 14.3. The number of hydrogen-bond acceptors (Lipinski definition) is 2. The molecule has 0 saturated heterocycles. The van der Waals surface area contributed by atoms with Crippen LogP contribution < -0.4 is 0 Å². The smallest absolute Gasteiger partial charge is 0.147 e. The van der Waals surface area contributed by atoms with Gasteiger partial charge < -0.3 is 9.72 Å². The lowest BCUT2D eigenvalue weighted by Crippen LogP contribution is -2.16. The van der Waals surface area contributed by atoms with E-state index in [0.29, 0.717) is 29.7 Å². The number of halogens is 1. The molecule has 1 aromatic heterocycles. The Bertz CT molecular complexity index is 783. The summed E-state index contributed by atoms with van der Waals surface area (Å²) in [5.74, 6) is -0.311. The minimum atomic E-state index is -0.311. The topological polar surface area (TPSA) is 48.8 Å². The van der Waals surface area contributed by atoms with Crippen LogP contribution >= 0.6 is 0 Å². The summed E-state index contributed by atoms with van der Waals surface area (Å²) in [7, 11) is 0. The van der Waals surface area contributed by atoms with E-state index in [1.54, 1.807) is 6.92 Å². The summed E-state index contributed by atoms with van der Waals surface area (Å²) < 4.78 is 20.1. The van der Waals surface area contributed by atoms with Crippen LogP contribution in [0.15, 0.2) is 18.2 Å². The Morgan fingerprint density at radius 1 is 1.50 bits per heavy atom. The molecule has 0 aliphatic carbocycles. The van der Waals surface area contributed by atoms with Gasteiger partial charge in [-0.1, -0.05) is 12.2 Å². The molecular weight excluding hydrogens is 279 g/mol. The molecule has 0 unspecified atom stereocenters.